The fourth-order valence-electron chi connectivity index (χ4n) is 6.75. The van der Waals surface area contributed by atoms with Crippen LogP contribution in [0.25, 0.3) is 0 Å². The van der Waals surface area contributed by atoms with Crippen LogP contribution >= 0.6 is 0 Å². The standard InChI is InChI=1S/C35H41N7O4/c1-4-45-33-28(32(44-3)38-35(39-33)46-5-2)23-40-21-27-22-41(34(43)29-20-36-16-17-37-29)18-19-42(27)30(24-40)31(25-12-8-6-9-13-25)26-14-10-7-11-15-26/h6-17,20,27,30-31H,4-5,18-19,21-24H2,1-3H3. The fraction of sp³-hybridized carbons (Fsp3) is 0.400. The molecule has 2 saturated heterocycles. The van der Waals surface area contributed by atoms with E-state index in [2.05, 4.69) is 90.4 Å². The highest BCUT2D eigenvalue weighted by Gasteiger charge is 2.43. The minimum absolute atomic E-state index is 0.0770. The van der Waals surface area contributed by atoms with Crippen molar-refractivity contribution in [2.24, 2.45) is 0 Å². The summed E-state index contributed by atoms with van der Waals surface area (Å²) in [5.41, 5.74) is 3.66. The maximum absolute atomic E-state index is 13.5. The minimum atomic E-state index is -0.0932. The second-order valence-electron chi connectivity index (χ2n) is 11.5. The molecule has 0 N–H and O–H groups in total. The third-order valence-electron chi connectivity index (χ3n) is 8.68. The van der Waals surface area contributed by atoms with Gasteiger partial charge in [-0.05, 0) is 25.0 Å². The van der Waals surface area contributed by atoms with Crippen molar-refractivity contribution in [3.8, 4) is 17.8 Å². The van der Waals surface area contributed by atoms with Crippen LogP contribution in [0.5, 0.6) is 17.8 Å². The van der Waals surface area contributed by atoms with E-state index in [1.807, 2.05) is 18.7 Å². The van der Waals surface area contributed by atoms with Crippen LogP contribution < -0.4 is 14.2 Å². The third-order valence-corrected chi connectivity index (χ3v) is 8.68. The zero-order chi connectivity index (χ0) is 31.9. The Bertz CT molecular complexity index is 1540. The molecule has 2 aliphatic rings. The molecule has 2 aromatic carbocycles. The molecule has 46 heavy (non-hydrogen) atoms. The molecular weight excluding hydrogens is 582 g/mol. The van der Waals surface area contributed by atoms with Crippen molar-refractivity contribution in [3.63, 3.8) is 0 Å². The number of methoxy groups -OCH3 is 1. The second-order valence-corrected chi connectivity index (χ2v) is 11.5. The molecule has 11 nitrogen and oxygen atoms in total. The first kappa shape index (κ1) is 31.4. The van der Waals surface area contributed by atoms with Crippen LogP contribution in [0.2, 0.25) is 0 Å². The molecule has 2 atom stereocenters. The average molecular weight is 624 g/mol. The first-order valence-corrected chi connectivity index (χ1v) is 15.9. The van der Waals surface area contributed by atoms with Gasteiger partial charge in [0.15, 0.2) is 0 Å². The summed E-state index contributed by atoms with van der Waals surface area (Å²) < 4.78 is 17.4. The van der Waals surface area contributed by atoms with E-state index < -0.39 is 0 Å². The molecule has 240 valence electrons. The Labute approximate surface area is 270 Å². The van der Waals surface area contributed by atoms with Crippen LogP contribution in [0.15, 0.2) is 79.3 Å². The van der Waals surface area contributed by atoms with E-state index in [4.69, 9.17) is 14.2 Å². The largest absolute Gasteiger partial charge is 0.481 e. The Kier molecular flexibility index (Phi) is 10.00. The van der Waals surface area contributed by atoms with Gasteiger partial charge in [-0.25, -0.2) is 4.98 Å². The summed E-state index contributed by atoms with van der Waals surface area (Å²) >= 11 is 0. The molecule has 0 radical (unpaired) electrons. The lowest BCUT2D eigenvalue weighted by atomic mass is 9.81. The molecular formula is C35H41N7O4. The lowest BCUT2D eigenvalue weighted by Gasteiger charge is -2.53. The molecule has 2 aliphatic heterocycles. The van der Waals surface area contributed by atoms with Crippen molar-refractivity contribution < 1.29 is 19.0 Å². The highest BCUT2D eigenvalue weighted by Crippen LogP contribution is 2.37. The van der Waals surface area contributed by atoms with Crippen LogP contribution in [-0.4, -0.2) is 106 Å². The number of rotatable bonds is 11. The first-order chi connectivity index (χ1) is 22.6. The van der Waals surface area contributed by atoms with E-state index in [-0.39, 0.29) is 29.9 Å². The lowest BCUT2D eigenvalue weighted by Crippen LogP contribution is -2.67. The van der Waals surface area contributed by atoms with Gasteiger partial charge in [-0.2, -0.15) is 9.97 Å². The van der Waals surface area contributed by atoms with Gasteiger partial charge in [0.05, 0.1) is 32.1 Å². The zero-order valence-corrected chi connectivity index (χ0v) is 26.7. The molecule has 0 spiro atoms. The molecule has 6 rings (SSSR count). The number of carbonyl (C=O) groups excluding carboxylic acids is 1. The molecule has 2 aromatic heterocycles. The Morgan fingerprint density at radius 3 is 2.20 bits per heavy atom. The van der Waals surface area contributed by atoms with Gasteiger partial charge in [0, 0.05) is 69.7 Å². The van der Waals surface area contributed by atoms with E-state index in [1.54, 1.807) is 25.7 Å². The number of piperazine rings is 2. The predicted molar refractivity (Wildman–Crippen MR) is 173 cm³/mol. The summed E-state index contributed by atoms with van der Waals surface area (Å²) in [6.45, 7) is 8.69. The summed E-state index contributed by atoms with van der Waals surface area (Å²) in [7, 11) is 1.61. The fourth-order valence-corrected chi connectivity index (χ4v) is 6.75. The topological polar surface area (TPSA) is 106 Å². The van der Waals surface area contributed by atoms with Crippen molar-refractivity contribution in [2.75, 3.05) is 53.0 Å². The molecule has 2 unspecified atom stereocenters. The number of carbonyl (C=O) groups is 1. The summed E-state index contributed by atoms with van der Waals surface area (Å²) in [6, 6.07) is 21.9. The molecule has 0 saturated carbocycles. The number of hydrogen-bond acceptors (Lipinski definition) is 10. The van der Waals surface area contributed by atoms with Crippen molar-refractivity contribution in [1.82, 2.24) is 34.6 Å². The van der Waals surface area contributed by atoms with Gasteiger partial charge in [0.25, 0.3) is 5.91 Å². The van der Waals surface area contributed by atoms with Crippen molar-refractivity contribution in [1.29, 1.82) is 0 Å². The van der Waals surface area contributed by atoms with Crippen LogP contribution in [-0.2, 0) is 6.54 Å². The molecule has 2 fully saturated rings. The normalized spacial score (nSPS) is 18.7. The van der Waals surface area contributed by atoms with E-state index in [1.165, 1.54) is 11.1 Å². The Morgan fingerprint density at radius 1 is 0.870 bits per heavy atom. The number of benzene rings is 2. The number of hydrogen-bond donors (Lipinski definition) is 0. The van der Waals surface area contributed by atoms with E-state index in [9.17, 15) is 4.79 Å². The molecule has 0 aliphatic carbocycles. The van der Waals surface area contributed by atoms with E-state index in [0.29, 0.717) is 50.3 Å². The lowest BCUT2D eigenvalue weighted by molar-refractivity contribution is -0.0293. The Hall–Kier alpha value is -4.61. The summed E-state index contributed by atoms with van der Waals surface area (Å²) in [6.07, 6.45) is 4.69. The van der Waals surface area contributed by atoms with Crippen molar-refractivity contribution in [2.45, 2.75) is 38.4 Å². The highest BCUT2D eigenvalue weighted by molar-refractivity contribution is 5.92. The number of ether oxygens (including phenoxy) is 3. The summed E-state index contributed by atoms with van der Waals surface area (Å²) in [5, 5.41) is 0. The summed E-state index contributed by atoms with van der Waals surface area (Å²) in [5.74, 6) is 0.915. The van der Waals surface area contributed by atoms with Gasteiger partial charge in [-0.1, -0.05) is 60.7 Å². The van der Waals surface area contributed by atoms with Gasteiger partial charge in [-0.15, -0.1) is 0 Å². The average Bonchev–Trinajstić information content (AvgIpc) is 3.10. The Balaban J connectivity index is 1.37. The van der Waals surface area contributed by atoms with Gasteiger partial charge in [0.1, 0.15) is 5.69 Å². The number of amides is 1. The maximum atomic E-state index is 13.5. The summed E-state index contributed by atoms with van der Waals surface area (Å²) in [4.78, 5) is 38.0. The minimum Gasteiger partial charge on any atom is -0.481 e. The van der Waals surface area contributed by atoms with Crippen molar-refractivity contribution in [3.05, 3.63) is 102 Å². The monoisotopic (exact) mass is 623 g/mol. The van der Waals surface area contributed by atoms with Crippen molar-refractivity contribution >= 4 is 5.91 Å². The zero-order valence-electron chi connectivity index (χ0n) is 26.7. The van der Waals surface area contributed by atoms with Gasteiger partial charge in [0.2, 0.25) is 11.8 Å². The molecule has 4 aromatic rings. The maximum Gasteiger partial charge on any atom is 0.323 e. The number of aromatic nitrogens is 4. The number of nitrogens with zero attached hydrogens (tertiary/aromatic N) is 7. The molecule has 0 bridgehead atoms. The first-order valence-electron chi connectivity index (χ1n) is 15.9. The highest BCUT2D eigenvalue weighted by atomic mass is 16.5. The van der Waals surface area contributed by atoms with Gasteiger partial charge < -0.3 is 19.1 Å². The molecule has 11 heteroatoms. The quantitative estimate of drug-likeness (QED) is 0.244. The van der Waals surface area contributed by atoms with Crippen LogP contribution in [0, 0.1) is 0 Å². The Morgan fingerprint density at radius 2 is 1.57 bits per heavy atom. The van der Waals surface area contributed by atoms with Gasteiger partial charge >= 0.3 is 6.01 Å². The molecule has 4 heterocycles. The third kappa shape index (κ3) is 6.80. The smallest absolute Gasteiger partial charge is 0.323 e. The van der Waals surface area contributed by atoms with Gasteiger partial charge in [-0.3, -0.25) is 19.6 Å². The SMILES string of the molecule is CCOc1nc(OC)c(CN2CC3CN(C(=O)c4cnccn4)CCN3C(C(c3ccccc3)c3ccccc3)C2)c(OCC)n1. The van der Waals surface area contributed by atoms with Crippen LogP contribution in [0.3, 0.4) is 0 Å². The van der Waals surface area contributed by atoms with Crippen LogP contribution in [0.1, 0.15) is 46.9 Å². The second kappa shape index (κ2) is 14.7. The van der Waals surface area contributed by atoms with E-state index in [0.717, 1.165) is 25.2 Å². The van der Waals surface area contributed by atoms with Crippen LogP contribution in [0.4, 0.5) is 0 Å². The predicted octanol–water partition coefficient (Wildman–Crippen LogP) is 3.92. The van der Waals surface area contributed by atoms with E-state index >= 15 is 0 Å². The molecule has 1 amide bonds. The number of fused-ring (bicyclic) bond motifs is 1.